The Balaban J connectivity index is 2.38. The van der Waals surface area contributed by atoms with Gasteiger partial charge >= 0.3 is 5.97 Å². The molecule has 0 saturated heterocycles. The van der Waals surface area contributed by atoms with Crippen LogP contribution in [0.1, 0.15) is 20.7 Å². The molecule has 0 unspecified atom stereocenters. The lowest BCUT2D eigenvalue weighted by Gasteiger charge is -2.09. The van der Waals surface area contributed by atoms with Crippen LogP contribution in [0, 0.1) is 5.82 Å². The van der Waals surface area contributed by atoms with Crippen LogP contribution in [0.2, 0.25) is 5.15 Å². The molecule has 0 aliphatic carbocycles. The van der Waals surface area contributed by atoms with E-state index in [2.05, 4.69) is 26.2 Å². The summed E-state index contributed by atoms with van der Waals surface area (Å²) in [6, 6.07) is 5.19. The number of carboxylic acid groups (broad SMARTS) is 1. The Hall–Kier alpha value is -1.99. The van der Waals surface area contributed by atoms with Gasteiger partial charge in [0.25, 0.3) is 5.91 Å². The third kappa shape index (κ3) is 3.56. The molecule has 2 rings (SSSR count). The summed E-state index contributed by atoms with van der Waals surface area (Å²) < 4.78 is 13.7. The molecular formula is C13H7BrClFN2O3. The molecule has 0 spiro atoms. The average Bonchev–Trinajstić information content (AvgIpc) is 2.41. The van der Waals surface area contributed by atoms with Crippen molar-refractivity contribution in [3.8, 4) is 0 Å². The van der Waals surface area contributed by atoms with Crippen LogP contribution in [-0.2, 0) is 0 Å². The third-order valence-electron chi connectivity index (χ3n) is 2.51. The topological polar surface area (TPSA) is 79.3 Å². The number of halogens is 3. The van der Waals surface area contributed by atoms with E-state index in [1.807, 2.05) is 0 Å². The zero-order valence-corrected chi connectivity index (χ0v) is 12.6. The van der Waals surface area contributed by atoms with Crippen molar-refractivity contribution in [2.45, 2.75) is 0 Å². The Morgan fingerprint density at radius 3 is 2.67 bits per heavy atom. The number of amides is 1. The summed E-state index contributed by atoms with van der Waals surface area (Å²) in [6.45, 7) is 0. The molecule has 0 atom stereocenters. The Morgan fingerprint density at radius 2 is 2.00 bits per heavy atom. The van der Waals surface area contributed by atoms with Crippen LogP contribution < -0.4 is 5.32 Å². The second kappa shape index (κ2) is 6.19. The van der Waals surface area contributed by atoms with E-state index < -0.39 is 17.7 Å². The number of rotatable bonds is 3. The first-order valence-corrected chi connectivity index (χ1v) is 6.71. The molecule has 0 radical (unpaired) electrons. The van der Waals surface area contributed by atoms with Gasteiger partial charge in [-0.1, -0.05) is 27.5 Å². The number of hydrogen-bond acceptors (Lipinski definition) is 3. The summed E-state index contributed by atoms with van der Waals surface area (Å²) in [5.41, 5.74) is -0.234. The maximum atomic E-state index is 13.1. The Labute approximate surface area is 131 Å². The summed E-state index contributed by atoms with van der Waals surface area (Å²) in [5.74, 6) is -2.69. The number of carbonyl (C=O) groups is 2. The van der Waals surface area contributed by atoms with Crippen molar-refractivity contribution in [1.82, 2.24) is 4.98 Å². The van der Waals surface area contributed by atoms with E-state index >= 15 is 0 Å². The lowest BCUT2D eigenvalue weighted by molar-refractivity contribution is 0.0698. The molecule has 21 heavy (non-hydrogen) atoms. The van der Waals surface area contributed by atoms with Crippen molar-refractivity contribution < 1.29 is 19.1 Å². The van der Waals surface area contributed by atoms with E-state index in [4.69, 9.17) is 16.7 Å². The van der Waals surface area contributed by atoms with Crippen molar-refractivity contribution in [2.75, 3.05) is 5.32 Å². The summed E-state index contributed by atoms with van der Waals surface area (Å²) in [4.78, 5) is 26.7. The number of aromatic carboxylic acids is 1. The van der Waals surface area contributed by atoms with Gasteiger partial charge in [0.2, 0.25) is 0 Å². The first-order chi connectivity index (χ1) is 9.88. The zero-order chi connectivity index (χ0) is 15.6. The standard InChI is InChI=1S/C13H7BrClFN2O3/c14-6-1-2-8(13(20)21)10(3-6)18-12(19)9-4-7(16)5-17-11(9)15/h1-5H,(H,18,19)(H,20,21). The SMILES string of the molecule is O=C(O)c1ccc(Br)cc1NC(=O)c1cc(F)cnc1Cl. The van der Waals surface area contributed by atoms with Crippen LogP contribution in [0.3, 0.4) is 0 Å². The van der Waals surface area contributed by atoms with E-state index in [-0.39, 0.29) is 22.0 Å². The molecule has 0 saturated carbocycles. The molecule has 1 amide bonds. The lowest BCUT2D eigenvalue weighted by atomic mass is 10.1. The Kier molecular flexibility index (Phi) is 4.54. The molecule has 1 aromatic carbocycles. The Morgan fingerprint density at radius 1 is 1.29 bits per heavy atom. The highest BCUT2D eigenvalue weighted by atomic mass is 79.9. The molecule has 2 N–H and O–H groups in total. The van der Waals surface area contributed by atoms with Gasteiger partial charge in [0.1, 0.15) is 11.0 Å². The molecule has 0 fully saturated rings. The smallest absolute Gasteiger partial charge is 0.337 e. The van der Waals surface area contributed by atoms with E-state index in [9.17, 15) is 14.0 Å². The van der Waals surface area contributed by atoms with Crippen molar-refractivity contribution in [2.24, 2.45) is 0 Å². The predicted octanol–water partition coefficient (Wildman–Crippen LogP) is 3.59. The van der Waals surface area contributed by atoms with Crippen LogP contribution in [-0.4, -0.2) is 22.0 Å². The van der Waals surface area contributed by atoms with Crippen LogP contribution in [0.4, 0.5) is 10.1 Å². The van der Waals surface area contributed by atoms with E-state index in [0.717, 1.165) is 12.3 Å². The highest BCUT2D eigenvalue weighted by molar-refractivity contribution is 9.10. The van der Waals surface area contributed by atoms with Gasteiger partial charge in [0.05, 0.1) is 23.0 Å². The van der Waals surface area contributed by atoms with E-state index in [1.54, 1.807) is 0 Å². The van der Waals surface area contributed by atoms with Gasteiger partial charge in [0, 0.05) is 4.47 Å². The van der Waals surface area contributed by atoms with Gasteiger partial charge in [-0.2, -0.15) is 0 Å². The van der Waals surface area contributed by atoms with Crippen molar-refractivity contribution in [1.29, 1.82) is 0 Å². The first-order valence-electron chi connectivity index (χ1n) is 5.53. The molecule has 108 valence electrons. The molecule has 2 aromatic rings. The molecule has 0 aliphatic heterocycles. The van der Waals surface area contributed by atoms with Gasteiger partial charge < -0.3 is 10.4 Å². The summed E-state index contributed by atoms with van der Waals surface area (Å²) in [6.07, 6.45) is 0.876. The number of benzene rings is 1. The van der Waals surface area contributed by atoms with Crippen molar-refractivity contribution in [3.63, 3.8) is 0 Å². The minimum atomic E-state index is -1.21. The highest BCUT2D eigenvalue weighted by Gasteiger charge is 2.17. The predicted molar refractivity (Wildman–Crippen MR) is 78.3 cm³/mol. The quantitative estimate of drug-likeness (QED) is 0.806. The van der Waals surface area contributed by atoms with Crippen molar-refractivity contribution >= 4 is 45.1 Å². The fourth-order valence-electron chi connectivity index (χ4n) is 1.58. The highest BCUT2D eigenvalue weighted by Crippen LogP contribution is 2.23. The van der Waals surface area contributed by atoms with E-state index in [1.165, 1.54) is 18.2 Å². The number of nitrogens with zero attached hydrogens (tertiary/aromatic N) is 1. The molecular weight excluding hydrogens is 367 g/mol. The van der Waals surface area contributed by atoms with Gasteiger partial charge in [-0.05, 0) is 24.3 Å². The van der Waals surface area contributed by atoms with Gasteiger partial charge in [0.15, 0.2) is 0 Å². The van der Waals surface area contributed by atoms with Crippen LogP contribution in [0.25, 0.3) is 0 Å². The number of carbonyl (C=O) groups excluding carboxylic acids is 1. The van der Waals surface area contributed by atoms with Gasteiger partial charge in [-0.15, -0.1) is 0 Å². The number of hydrogen-bond donors (Lipinski definition) is 2. The number of pyridine rings is 1. The maximum absolute atomic E-state index is 13.1. The summed E-state index contributed by atoms with van der Waals surface area (Å²) in [7, 11) is 0. The molecule has 8 heteroatoms. The normalized spacial score (nSPS) is 10.2. The second-order valence-electron chi connectivity index (χ2n) is 3.94. The first kappa shape index (κ1) is 15.4. The summed E-state index contributed by atoms with van der Waals surface area (Å²) in [5, 5.41) is 11.3. The second-order valence-corrected chi connectivity index (χ2v) is 5.21. The molecule has 5 nitrogen and oxygen atoms in total. The van der Waals surface area contributed by atoms with Crippen LogP contribution in [0.15, 0.2) is 34.9 Å². The van der Waals surface area contributed by atoms with E-state index in [0.29, 0.717) is 4.47 Å². The lowest BCUT2D eigenvalue weighted by Crippen LogP contribution is -2.16. The van der Waals surface area contributed by atoms with Crippen molar-refractivity contribution in [3.05, 3.63) is 57.0 Å². The summed E-state index contributed by atoms with van der Waals surface area (Å²) >= 11 is 8.90. The minimum absolute atomic E-state index is 0.0576. The monoisotopic (exact) mass is 372 g/mol. The van der Waals surface area contributed by atoms with Gasteiger partial charge in [-0.25, -0.2) is 14.2 Å². The van der Waals surface area contributed by atoms with Gasteiger partial charge in [-0.3, -0.25) is 4.79 Å². The molecule has 1 heterocycles. The minimum Gasteiger partial charge on any atom is -0.478 e. The third-order valence-corrected chi connectivity index (χ3v) is 3.30. The fraction of sp³-hybridized carbons (Fsp3) is 0. The fourth-order valence-corrected chi connectivity index (χ4v) is 2.13. The number of anilines is 1. The number of carboxylic acids is 1. The van der Waals surface area contributed by atoms with Crippen LogP contribution in [0.5, 0.6) is 0 Å². The molecule has 0 bridgehead atoms. The molecule has 1 aromatic heterocycles. The maximum Gasteiger partial charge on any atom is 0.337 e. The van der Waals surface area contributed by atoms with Crippen LogP contribution >= 0.6 is 27.5 Å². The average molecular weight is 374 g/mol. The number of nitrogens with one attached hydrogen (secondary N) is 1. The Bertz CT molecular complexity index is 739. The number of aromatic nitrogens is 1. The largest absolute Gasteiger partial charge is 0.478 e. The zero-order valence-electron chi connectivity index (χ0n) is 10.2. The molecule has 0 aliphatic rings.